The average Bonchev–Trinajstić information content (AvgIpc) is 3.19. The van der Waals surface area contributed by atoms with Crippen molar-refractivity contribution < 1.29 is 13.2 Å². The van der Waals surface area contributed by atoms with Gasteiger partial charge < -0.3 is 10.2 Å². The fourth-order valence-corrected chi connectivity index (χ4v) is 3.68. The molecule has 1 N–H and O–H groups in total. The highest BCUT2D eigenvalue weighted by molar-refractivity contribution is 14.0. The van der Waals surface area contributed by atoms with Crippen molar-refractivity contribution >= 4 is 46.2 Å². The first kappa shape index (κ1) is 22.2. The van der Waals surface area contributed by atoms with Gasteiger partial charge in [0.05, 0.1) is 12.2 Å². The largest absolute Gasteiger partial charge is 0.403 e. The van der Waals surface area contributed by atoms with Crippen LogP contribution in [-0.4, -0.2) is 70.1 Å². The van der Waals surface area contributed by atoms with Crippen LogP contribution in [-0.2, 0) is 6.54 Å². The Morgan fingerprint density at radius 1 is 1.33 bits per heavy atom. The summed E-state index contributed by atoms with van der Waals surface area (Å²) in [5.74, 6) is 0.725. The van der Waals surface area contributed by atoms with E-state index in [0.29, 0.717) is 39.3 Å². The van der Waals surface area contributed by atoms with Crippen molar-refractivity contribution in [2.75, 3.05) is 32.7 Å². The van der Waals surface area contributed by atoms with Crippen LogP contribution in [0.1, 0.15) is 19.5 Å². The number of hydrogen-bond donors (Lipinski definition) is 1. The summed E-state index contributed by atoms with van der Waals surface area (Å²) in [7, 11) is 0. The van der Waals surface area contributed by atoms with Gasteiger partial charge in [-0.1, -0.05) is 0 Å². The number of aromatic nitrogens is 2. The minimum absolute atomic E-state index is 0. The number of guanidine groups is 1. The smallest absolute Gasteiger partial charge is 0.357 e. The number of piperazine rings is 1. The molecule has 0 spiro atoms. The Morgan fingerprint density at radius 3 is 2.63 bits per heavy atom. The van der Waals surface area contributed by atoms with Crippen LogP contribution < -0.4 is 5.32 Å². The molecular weight excluding hydrogens is 492 g/mol. The first-order valence-electron chi connectivity index (χ1n) is 8.63. The quantitative estimate of drug-likeness (QED) is 0.386. The molecule has 1 unspecified atom stereocenters. The van der Waals surface area contributed by atoms with E-state index in [1.54, 1.807) is 11.3 Å². The molecule has 3 rings (SSSR count). The first-order chi connectivity index (χ1) is 12.4. The van der Waals surface area contributed by atoms with Gasteiger partial charge >= 0.3 is 6.18 Å². The third-order valence-electron chi connectivity index (χ3n) is 4.50. The summed E-state index contributed by atoms with van der Waals surface area (Å²) in [6.07, 6.45) is -0.289. The van der Waals surface area contributed by atoms with Crippen LogP contribution in [0.15, 0.2) is 22.8 Å². The second-order valence-electron chi connectivity index (χ2n) is 6.24. The number of fused-ring (bicyclic) bond motifs is 1. The molecule has 152 valence electrons. The van der Waals surface area contributed by atoms with E-state index < -0.39 is 12.2 Å². The normalized spacial score (nSPS) is 17.8. The third-order valence-corrected chi connectivity index (χ3v) is 5.27. The van der Waals surface area contributed by atoms with Gasteiger partial charge in [0.25, 0.3) is 0 Å². The molecule has 1 atom stereocenters. The Balaban J connectivity index is 0.00000261. The van der Waals surface area contributed by atoms with Crippen LogP contribution in [0.4, 0.5) is 13.2 Å². The molecule has 0 aromatic carbocycles. The van der Waals surface area contributed by atoms with Crippen molar-refractivity contribution in [2.45, 2.75) is 32.6 Å². The Kier molecular flexibility index (Phi) is 7.74. The van der Waals surface area contributed by atoms with Gasteiger partial charge in [-0.05, 0) is 13.8 Å². The minimum atomic E-state index is -4.19. The molecule has 0 saturated carbocycles. The molecule has 0 radical (unpaired) electrons. The van der Waals surface area contributed by atoms with Gasteiger partial charge in [-0.2, -0.15) is 13.2 Å². The highest BCUT2D eigenvalue weighted by atomic mass is 127. The molecule has 2 aromatic heterocycles. The zero-order valence-electron chi connectivity index (χ0n) is 15.2. The summed E-state index contributed by atoms with van der Waals surface area (Å²) >= 11 is 1.57. The van der Waals surface area contributed by atoms with E-state index in [0.717, 1.165) is 16.6 Å². The number of nitrogens with zero attached hydrogens (tertiary/aromatic N) is 5. The van der Waals surface area contributed by atoms with Crippen LogP contribution in [0, 0.1) is 0 Å². The molecular formula is C16H24F3IN6S. The number of alkyl halides is 3. The van der Waals surface area contributed by atoms with Crippen molar-refractivity contribution in [1.82, 2.24) is 24.5 Å². The molecule has 0 bridgehead atoms. The topological polar surface area (TPSA) is 48.2 Å². The number of nitrogens with one attached hydrogen (secondary N) is 1. The lowest BCUT2D eigenvalue weighted by molar-refractivity contribution is -0.181. The lowest BCUT2D eigenvalue weighted by atomic mass is 10.2. The second-order valence-corrected chi connectivity index (χ2v) is 7.11. The summed E-state index contributed by atoms with van der Waals surface area (Å²) in [4.78, 5) is 13.5. The van der Waals surface area contributed by atoms with Gasteiger partial charge in [-0.15, -0.1) is 35.3 Å². The van der Waals surface area contributed by atoms with E-state index in [1.807, 2.05) is 34.0 Å². The van der Waals surface area contributed by atoms with E-state index in [-0.39, 0.29) is 24.0 Å². The van der Waals surface area contributed by atoms with E-state index in [9.17, 15) is 13.2 Å². The van der Waals surface area contributed by atoms with Crippen LogP contribution in [0.3, 0.4) is 0 Å². The molecule has 0 aliphatic carbocycles. The van der Waals surface area contributed by atoms with Crippen molar-refractivity contribution in [3.63, 3.8) is 0 Å². The maximum absolute atomic E-state index is 12.9. The molecule has 27 heavy (non-hydrogen) atoms. The highest BCUT2D eigenvalue weighted by Gasteiger charge is 2.41. The number of rotatable bonds is 4. The molecule has 1 fully saturated rings. The minimum Gasteiger partial charge on any atom is -0.357 e. The van der Waals surface area contributed by atoms with Crippen molar-refractivity contribution in [2.24, 2.45) is 4.99 Å². The van der Waals surface area contributed by atoms with E-state index in [1.165, 1.54) is 11.8 Å². The summed E-state index contributed by atoms with van der Waals surface area (Å²) in [5, 5.41) is 5.20. The van der Waals surface area contributed by atoms with Gasteiger partial charge in [0.15, 0.2) is 10.9 Å². The van der Waals surface area contributed by atoms with Crippen LogP contribution in [0.2, 0.25) is 0 Å². The van der Waals surface area contributed by atoms with Crippen LogP contribution in [0.5, 0.6) is 0 Å². The predicted octanol–water partition coefficient (Wildman–Crippen LogP) is 3.05. The maximum atomic E-state index is 12.9. The van der Waals surface area contributed by atoms with Gasteiger partial charge in [0, 0.05) is 50.5 Å². The summed E-state index contributed by atoms with van der Waals surface area (Å²) in [6.45, 7) is 6.11. The summed E-state index contributed by atoms with van der Waals surface area (Å²) in [6, 6.07) is -1.41. The standard InChI is InChI=1S/C16H23F3N6S.HI/c1-3-20-14(21-10-13-11-25-8-9-26-15(25)22-13)24-6-4-23(5-7-24)12(2)16(17,18)19;/h8-9,11-12H,3-7,10H2,1-2H3,(H,20,21);1H. The van der Waals surface area contributed by atoms with Crippen LogP contribution in [0.25, 0.3) is 4.96 Å². The second kappa shape index (κ2) is 9.41. The summed E-state index contributed by atoms with van der Waals surface area (Å²) < 4.78 is 40.6. The SMILES string of the molecule is CCNC(=NCc1cn2ccsc2n1)N1CCN(C(C)C(F)(F)F)CC1.I. The summed E-state index contributed by atoms with van der Waals surface area (Å²) in [5.41, 5.74) is 0.872. The monoisotopic (exact) mass is 516 g/mol. The number of thiazole rings is 1. The average molecular weight is 516 g/mol. The molecule has 3 heterocycles. The van der Waals surface area contributed by atoms with Crippen molar-refractivity contribution in [3.05, 3.63) is 23.5 Å². The Hall–Kier alpha value is -1.08. The van der Waals surface area contributed by atoms with E-state index >= 15 is 0 Å². The van der Waals surface area contributed by atoms with Gasteiger partial charge in [0.2, 0.25) is 0 Å². The lowest BCUT2D eigenvalue weighted by Crippen LogP contribution is -2.56. The molecule has 1 saturated heterocycles. The van der Waals surface area contributed by atoms with Gasteiger partial charge in [0.1, 0.15) is 6.04 Å². The third kappa shape index (κ3) is 5.47. The first-order valence-corrected chi connectivity index (χ1v) is 9.51. The van der Waals surface area contributed by atoms with Crippen molar-refractivity contribution in [3.8, 4) is 0 Å². The Labute approximate surface area is 177 Å². The maximum Gasteiger partial charge on any atom is 0.403 e. The highest BCUT2D eigenvalue weighted by Crippen LogP contribution is 2.25. The number of imidazole rings is 1. The van der Waals surface area contributed by atoms with Crippen LogP contribution >= 0.6 is 35.3 Å². The molecule has 0 amide bonds. The van der Waals surface area contributed by atoms with Crippen molar-refractivity contribution in [1.29, 1.82) is 0 Å². The zero-order valence-corrected chi connectivity index (χ0v) is 18.4. The van der Waals surface area contributed by atoms with Gasteiger partial charge in [-0.3, -0.25) is 9.30 Å². The fraction of sp³-hybridized carbons (Fsp3) is 0.625. The number of hydrogen-bond acceptors (Lipinski definition) is 4. The Bertz CT molecular complexity index is 722. The molecule has 1 aliphatic rings. The zero-order chi connectivity index (χ0) is 18.7. The van der Waals surface area contributed by atoms with Gasteiger partial charge in [-0.25, -0.2) is 9.98 Å². The molecule has 6 nitrogen and oxygen atoms in total. The predicted molar refractivity (Wildman–Crippen MR) is 112 cm³/mol. The number of halogens is 4. The lowest BCUT2D eigenvalue weighted by Gasteiger charge is -2.39. The van der Waals surface area contributed by atoms with E-state index in [4.69, 9.17) is 0 Å². The molecule has 1 aliphatic heterocycles. The number of aliphatic imine (C=N–C) groups is 1. The molecule has 2 aromatic rings. The molecule has 11 heteroatoms. The fourth-order valence-electron chi connectivity index (χ4n) is 2.96. The van der Waals surface area contributed by atoms with E-state index in [2.05, 4.69) is 15.3 Å². The Morgan fingerprint density at radius 2 is 2.04 bits per heavy atom.